The SMILES string of the molecule is NS(=O)(=O)c1ccc(NC(=O)Cc2coc3ccc(F)cc23)cc1. The molecule has 6 nitrogen and oxygen atoms in total. The molecule has 0 unspecified atom stereocenters. The van der Waals surface area contributed by atoms with Gasteiger partial charge in [0.1, 0.15) is 11.4 Å². The average molecular weight is 348 g/mol. The Morgan fingerprint density at radius 3 is 2.54 bits per heavy atom. The van der Waals surface area contributed by atoms with Gasteiger partial charge in [0.15, 0.2) is 0 Å². The van der Waals surface area contributed by atoms with Gasteiger partial charge in [-0.25, -0.2) is 17.9 Å². The van der Waals surface area contributed by atoms with Crippen LogP contribution in [0.4, 0.5) is 10.1 Å². The van der Waals surface area contributed by atoms with Crippen LogP contribution in [-0.4, -0.2) is 14.3 Å². The Bertz CT molecular complexity index is 1010. The van der Waals surface area contributed by atoms with E-state index in [0.29, 0.717) is 22.2 Å². The minimum absolute atomic E-state index is 0.00656. The zero-order chi connectivity index (χ0) is 17.3. The van der Waals surface area contributed by atoms with E-state index in [1.165, 1.54) is 48.7 Å². The van der Waals surface area contributed by atoms with Gasteiger partial charge in [-0.3, -0.25) is 4.79 Å². The number of hydrogen-bond acceptors (Lipinski definition) is 4. The van der Waals surface area contributed by atoms with E-state index in [-0.39, 0.29) is 17.2 Å². The maximum absolute atomic E-state index is 13.3. The molecule has 3 aromatic rings. The minimum Gasteiger partial charge on any atom is -0.464 e. The maximum Gasteiger partial charge on any atom is 0.238 e. The second-order valence-electron chi connectivity index (χ2n) is 5.20. The Morgan fingerprint density at radius 2 is 1.88 bits per heavy atom. The molecule has 124 valence electrons. The highest BCUT2D eigenvalue weighted by Gasteiger charge is 2.12. The van der Waals surface area contributed by atoms with Crippen molar-refractivity contribution in [2.24, 2.45) is 5.14 Å². The third-order valence-corrected chi connectivity index (χ3v) is 4.36. The summed E-state index contributed by atoms with van der Waals surface area (Å²) in [5, 5.41) is 8.17. The van der Waals surface area contributed by atoms with Crippen LogP contribution in [0.3, 0.4) is 0 Å². The van der Waals surface area contributed by atoms with E-state index in [2.05, 4.69) is 5.32 Å². The zero-order valence-electron chi connectivity index (χ0n) is 12.3. The lowest BCUT2D eigenvalue weighted by Crippen LogP contribution is -2.15. The van der Waals surface area contributed by atoms with E-state index < -0.39 is 15.8 Å². The van der Waals surface area contributed by atoms with Gasteiger partial charge >= 0.3 is 0 Å². The highest BCUT2D eigenvalue weighted by atomic mass is 32.2. The minimum atomic E-state index is -3.78. The zero-order valence-corrected chi connectivity index (χ0v) is 13.1. The van der Waals surface area contributed by atoms with Crippen molar-refractivity contribution in [3.63, 3.8) is 0 Å². The molecule has 1 amide bonds. The van der Waals surface area contributed by atoms with E-state index >= 15 is 0 Å². The number of sulfonamides is 1. The van der Waals surface area contributed by atoms with Crippen LogP contribution >= 0.6 is 0 Å². The number of carbonyl (C=O) groups is 1. The molecule has 0 spiro atoms. The normalized spacial score (nSPS) is 11.6. The molecule has 1 heterocycles. The Kier molecular flexibility index (Phi) is 4.08. The van der Waals surface area contributed by atoms with Crippen molar-refractivity contribution < 1.29 is 22.0 Å². The molecule has 3 rings (SSSR count). The molecule has 24 heavy (non-hydrogen) atoms. The predicted molar refractivity (Wildman–Crippen MR) is 86.3 cm³/mol. The molecule has 8 heteroatoms. The summed E-state index contributed by atoms with van der Waals surface area (Å²) in [6.45, 7) is 0. The lowest BCUT2D eigenvalue weighted by molar-refractivity contribution is -0.115. The number of anilines is 1. The molecular formula is C16H13FN2O4S. The lowest BCUT2D eigenvalue weighted by atomic mass is 10.1. The topological polar surface area (TPSA) is 102 Å². The highest BCUT2D eigenvalue weighted by Crippen LogP contribution is 2.23. The van der Waals surface area contributed by atoms with Gasteiger partial charge in [0.2, 0.25) is 15.9 Å². The summed E-state index contributed by atoms with van der Waals surface area (Å²) in [4.78, 5) is 12.1. The largest absolute Gasteiger partial charge is 0.464 e. The highest BCUT2D eigenvalue weighted by molar-refractivity contribution is 7.89. The predicted octanol–water partition coefficient (Wildman–Crippen LogP) is 2.40. The quantitative estimate of drug-likeness (QED) is 0.756. The summed E-state index contributed by atoms with van der Waals surface area (Å²) in [5.74, 6) is -0.755. The van der Waals surface area contributed by atoms with E-state index in [1.807, 2.05) is 0 Å². The monoisotopic (exact) mass is 348 g/mol. The molecule has 0 saturated heterocycles. The van der Waals surface area contributed by atoms with Crippen LogP contribution in [0.1, 0.15) is 5.56 Å². The molecule has 0 atom stereocenters. The van der Waals surface area contributed by atoms with Crippen molar-refractivity contribution in [3.05, 3.63) is 60.1 Å². The van der Waals surface area contributed by atoms with Crippen molar-refractivity contribution >= 4 is 32.6 Å². The van der Waals surface area contributed by atoms with E-state index in [4.69, 9.17) is 9.56 Å². The van der Waals surface area contributed by atoms with Crippen molar-refractivity contribution in [2.75, 3.05) is 5.32 Å². The summed E-state index contributed by atoms with van der Waals surface area (Å²) in [6.07, 6.45) is 1.40. The third-order valence-electron chi connectivity index (χ3n) is 3.43. The van der Waals surface area contributed by atoms with Crippen molar-refractivity contribution in [2.45, 2.75) is 11.3 Å². The number of carbonyl (C=O) groups excluding carboxylic acids is 1. The summed E-state index contributed by atoms with van der Waals surface area (Å²) in [5.41, 5.74) is 1.48. The molecule has 1 aromatic heterocycles. The number of halogens is 1. The lowest BCUT2D eigenvalue weighted by Gasteiger charge is -2.05. The van der Waals surface area contributed by atoms with Gasteiger partial charge in [-0.1, -0.05) is 0 Å². The van der Waals surface area contributed by atoms with Gasteiger partial charge in [-0.05, 0) is 42.5 Å². The van der Waals surface area contributed by atoms with Crippen molar-refractivity contribution in [1.82, 2.24) is 0 Å². The van der Waals surface area contributed by atoms with E-state index in [9.17, 15) is 17.6 Å². The number of nitrogens with two attached hydrogens (primary N) is 1. The number of hydrogen-bond donors (Lipinski definition) is 2. The van der Waals surface area contributed by atoms with Gasteiger partial charge in [-0.2, -0.15) is 0 Å². The summed E-state index contributed by atoms with van der Waals surface area (Å²) >= 11 is 0. The molecular weight excluding hydrogens is 335 g/mol. The first-order valence-corrected chi connectivity index (χ1v) is 8.46. The molecule has 0 aliphatic heterocycles. The Balaban J connectivity index is 1.74. The van der Waals surface area contributed by atoms with Crippen molar-refractivity contribution in [3.8, 4) is 0 Å². The second kappa shape index (κ2) is 6.06. The molecule has 0 aliphatic rings. The van der Waals surface area contributed by atoms with Gasteiger partial charge in [0.05, 0.1) is 17.6 Å². The number of nitrogens with one attached hydrogen (secondary N) is 1. The van der Waals surface area contributed by atoms with Crippen LogP contribution in [0.5, 0.6) is 0 Å². The van der Waals surface area contributed by atoms with Crippen LogP contribution in [0.2, 0.25) is 0 Å². The number of primary sulfonamides is 1. The Hall–Kier alpha value is -2.71. The van der Waals surface area contributed by atoms with Gasteiger partial charge in [-0.15, -0.1) is 0 Å². The molecule has 0 aliphatic carbocycles. The van der Waals surface area contributed by atoms with E-state index in [1.54, 1.807) is 0 Å². The number of rotatable bonds is 4. The molecule has 0 bridgehead atoms. The maximum atomic E-state index is 13.3. The second-order valence-corrected chi connectivity index (χ2v) is 6.76. The smallest absolute Gasteiger partial charge is 0.238 e. The van der Waals surface area contributed by atoms with E-state index in [0.717, 1.165) is 0 Å². The van der Waals surface area contributed by atoms with Crippen LogP contribution in [0.15, 0.2) is 58.0 Å². The third kappa shape index (κ3) is 3.44. The number of fused-ring (bicyclic) bond motifs is 1. The Morgan fingerprint density at radius 1 is 1.17 bits per heavy atom. The standard InChI is InChI=1S/C16H13FN2O4S/c17-11-1-6-15-14(8-11)10(9-23-15)7-16(20)19-12-2-4-13(5-3-12)24(18,21)22/h1-6,8-9H,7H2,(H,19,20)(H2,18,21,22). The molecule has 0 saturated carbocycles. The molecule has 0 fully saturated rings. The van der Waals surface area contributed by atoms with Crippen LogP contribution in [0, 0.1) is 5.82 Å². The fourth-order valence-electron chi connectivity index (χ4n) is 2.30. The first-order valence-electron chi connectivity index (χ1n) is 6.91. The molecule has 2 aromatic carbocycles. The average Bonchev–Trinajstić information content (AvgIpc) is 2.89. The Labute approximate surface area is 137 Å². The number of benzene rings is 2. The first-order chi connectivity index (χ1) is 11.3. The summed E-state index contributed by atoms with van der Waals surface area (Å²) in [7, 11) is -3.78. The van der Waals surface area contributed by atoms with Gasteiger partial charge in [0, 0.05) is 16.6 Å². The molecule has 0 radical (unpaired) electrons. The number of amides is 1. The fraction of sp³-hybridized carbons (Fsp3) is 0.0625. The number of furan rings is 1. The first kappa shape index (κ1) is 16.2. The summed E-state index contributed by atoms with van der Waals surface area (Å²) in [6, 6.07) is 9.56. The van der Waals surface area contributed by atoms with Crippen LogP contribution < -0.4 is 10.5 Å². The molecule has 3 N–H and O–H groups in total. The van der Waals surface area contributed by atoms with Crippen LogP contribution in [0.25, 0.3) is 11.0 Å². The van der Waals surface area contributed by atoms with Gasteiger partial charge < -0.3 is 9.73 Å². The summed E-state index contributed by atoms with van der Waals surface area (Å²) < 4.78 is 41.0. The van der Waals surface area contributed by atoms with Crippen molar-refractivity contribution in [1.29, 1.82) is 0 Å². The van der Waals surface area contributed by atoms with Gasteiger partial charge in [0.25, 0.3) is 0 Å². The fourth-order valence-corrected chi connectivity index (χ4v) is 2.81. The van der Waals surface area contributed by atoms with Crippen LogP contribution in [-0.2, 0) is 21.2 Å².